The highest BCUT2D eigenvalue weighted by molar-refractivity contribution is 6.06. The maximum atomic E-state index is 10.9. The molecule has 1 heterocycles. The number of hydrogen-bond acceptors (Lipinski definition) is 2. The molecule has 3 nitrogen and oxygen atoms in total. The van der Waals surface area contributed by atoms with Crippen LogP contribution in [0.3, 0.4) is 0 Å². The zero-order valence-electron chi connectivity index (χ0n) is 6.57. The maximum absolute atomic E-state index is 10.9. The number of hydrogen-bond donors (Lipinski definition) is 0. The Morgan fingerprint density at radius 3 is 3.00 bits per heavy atom. The molecule has 0 fully saturated rings. The molecule has 0 saturated carbocycles. The van der Waals surface area contributed by atoms with E-state index >= 15 is 0 Å². The summed E-state index contributed by atoms with van der Waals surface area (Å²) in [5.41, 5.74) is 0. The van der Waals surface area contributed by atoms with Crippen LogP contribution in [0.15, 0.2) is 23.2 Å². The van der Waals surface area contributed by atoms with E-state index in [-0.39, 0.29) is 5.91 Å². The average Bonchev–Trinajstić information content (AvgIpc) is 2.44. The normalized spacial score (nSPS) is 13.2. The fourth-order valence-electron chi connectivity index (χ4n) is 1.23. The Morgan fingerprint density at radius 1 is 1.42 bits per heavy atom. The molecule has 0 aliphatic carbocycles. The predicted molar refractivity (Wildman–Crippen MR) is 43.2 cm³/mol. The van der Waals surface area contributed by atoms with Gasteiger partial charge in [-0.1, -0.05) is 6.07 Å². The van der Waals surface area contributed by atoms with E-state index in [1.54, 1.807) is 13.2 Å². The van der Waals surface area contributed by atoms with Crippen LogP contribution in [0.1, 0.15) is 0 Å². The molecular formula is C9H7NO2. The summed E-state index contributed by atoms with van der Waals surface area (Å²) in [5.74, 6) is 0.483. The quantitative estimate of drug-likeness (QED) is 0.564. The molecule has 0 aromatic heterocycles. The second-order valence-corrected chi connectivity index (χ2v) is 2.49. The number of benzene rings is 1. The molecule has 0 saturated heterocycles. The van der Waals surface area contributed by atoms with Gasteiger partial charge < -0.3 is 4.74 Å². The number of rotatable bonds is 1. The van der Waals surface area contributed by atoms with Crippen molar-refractivity contribution in [1.82, 2.24) is 0 Å². The van der Waals surface area contributed by atoms with Gasteiger partial charge in [0, 0.05) is 11.3 Å². The number of methoxy groups -OCH3 is 1. The van der Waals surface area contributed by atoms with Crippen molar-refractivity contribution >= 4 is 12.0 Å². The van der Waals surface area contributed by atoms with Crippen molar-refractivity contribution in [3.63, 3.8) is 0 Å². The first-order valence-corrected chi connectivity index (χ1v) is 3.59. The lowest BCUT2D eigenvalue weighted by molar-refractivity contribution is -0.112. The summed E-state index contributed by atoms with van der Waals surface area (Å²) < 4.78 is 5.06. The minimum Gasteiger partial charge on any atom is -0.496 e. The van der Waals surface area contributed by atoms with Crippen molar-refractivity contribution < 1.29 is 9.53 Å². The third-order valence-electron chi connectivity index (χ3n) is 1.76. The smallest absolute Gasteiger partial charge is 0.271 e. The highest BCUT2D eigenvalue weighted by Gasteiger charge is 2.05. The van der Waals surface area contributed by atoms with Gasteiger partial charge in [-0.2, -0.15) is 0 Å². The Kier molecular flexibility index (Phi) is 1.43. The summed E-state index contributed by atoms with van der Waals surface area (Å²) in [6.07, 6.45) is 1.48. The van der Waals surface area contributed by atoms with Gasteiger partial charge in [0.2, 0.25) is 0 Å². The molecule has 0 unspecified atom stereocenters. The summed E-state index contributed by atoms with van der Waals surface area (Å²) in [6.45, 7) is 0. The summed E-state index contributed by atoms with van der Waals surface area (Å²) in [5, 5.41) is 1.48. The number of amides is 1. The monoisotopic (exact) mass is 161 g/mol. The van der Waals surface area contributed by atoms with E-state index in [9.17, 15) is 4.79 Å². The predicted octanol–water partition coefficient (Wildman–Crippen LogP) is -0.365. The maximum Gasteiger partial charge on any atom is 0.271 e. The molecule has 0 atom stereocenters. The van der Waals surface area contributed by atoms with Crippen molar-refractivity contribution in [2.45, 2.75) is 0 Å². The van der Waals surface area contributed by atoms with Gasteiger partial charge in [0.15, 0.2) is 0 Å². The van der Waals surface area contributed by atoms with E-state index in [0.29, 0.717) is 11.1 Å². The summed E-state index contributed by atoms with van der Waals surface area (Å²) in [7, 11) is 1.58. The molecule has 1 amide bonds. The molecule has 0 N–H and O–H groups in total. The van der Waals surface area contributed by atoms with E-state index in [1.807, 2.05) is 12.1 Å². The van der Waals surface area contributed by atoms with Crippen LogP contribution in [-0.4, -0.2) is 13.0 Å². The van der Waals surface area contributed by atoms with Crippen LogP contribution in [0.2, 0.25) is 0 Å². The first-order valence-electron chi connectivity index (χ1n) is 3.59. The highest BCUT2D eigenvalue weighted by Crippen LogP contribution is 1.99. The number of carbonyl (C=O) groups excluding carboxylic acids is 1. The van der Waals surface area contributed by atoms with Crippen molar-refractivity contribution in [2.24, 2.45) is 4.99 Å². The SMILES string of the molecule is COc1cccc2c1=CC(=O)N=2. The third kappa shape index (κ3) is 0.906. The topological polar surface area (TPSA) is 38.7 Å². The Bertz CT molecular complexity index is 448. The van der Waals surface area contributed by atoms with Gasteiger partial charge in [-0.25, -0.2) is 4.99 Å². The molecular weight excluding hydrogens is 154 g/mol. The Balaban J connectivity index is 2.84. The standard InChI is InChI=1S/C9H7NO2/c1-12-8-4-2-3-7-6(8)5-9(11)10-7/h2-5H,1H3. The van der Waals surface area contributed by atoms with Crippen LogP contribution in [0.4, 0.5) is 0 Å². The molecule has 0 bridgehead atoms. The zero-order chi connectivity index (χ0) is 8.55. The largest absolute Gasteiger partial charge is 0.496 e. The number of nitrogens with zero attached hydrogens (tertiary/aromatic N) is 1. The average molecular weight is 161 g/mol. The van der Waals surface area contributed by atoms with E-state index < -0.39 is 0 Å². The van der Waals surface area contributed by atoms with E-state index in [0.717, 1.165) is 5.22 Å². The Hall–Kier alpha value is -1.64. The van der Waals surface area contributed by atoms with Crippen molar-refractivity contribution in [1.29, 1.82) is 0 Å². The molecule has 1 aromatic carbocycles. The first-order chi connectivity index (χ1) is 5.81. The lowest BCUT2D eigenvalue weighted by atomic mass is 10.2. The third-order valence-corrected chi connectivity index (χ3v) is 1.76. The molecule has 1 aliphatic heterocycles. The van der Waals surface area contributed by atoms with E-state index in [2.05, 4.69) is 4.99 Å². The number of ether oxygens (including phenoxy) is 1. The molecule has 3 heteroatoms. The van der Waals surface area contributed by atoms with Crippen LogP contribution >= 0.6 is 0 Å². The van der Waals surface area contributed by atoms with Gasteiger partial charge >= 0.3 is 0 Å². The van der Waals surface area contributed by atoms with Crippen LogP contribution < -0.4 is 15.3 Å². The van der Waals surface area contributed by atoms with E-state index in [1.165, 1.54) is 6.08 Å². The molecule has 2 rings (SSSR count). The van der Waals surface area contributed by atoms with Gasteiger partial charge in [0.05, 0.1) is 12.5 Å². The zero-order valence-corrected chi connectivity index (χ0v) is 6.57. The molecule has 1 aliphatic rings. The van der Waals surface area contributed by atoms with Crippen LogP contribution in [0.5, 0.6) is 5.75 Å². The second-order valence-electron chi connectivity index (χ2n) is 2.49. The number of carbonyl (C=O) groups is 1. The van der Waals surface area contributed by atoms with Gasteiger partial charge in [-0.05, 0) is 12.1 Å². The molecule has 0 spiro atoms. The first kappa shape index (κ1) is 7.03. The Labute approximate surface area is 69.0 Å². The fraction of sp³-hybridized carbons (Fsp3) is 0.111. The molecule has 60 valence electrons. The van der Waals surface area contributed by atoms with Crippen molar-refractivity contribution in [3.8, 4) is 5.75 Å². The van der Waals surface area contributed by atoms with Gasteiger partial charge in [0.1, 0.15) is 5.75 Å². The minimum atomic E-state index is -0.213. The highest BCUT2D eigenvalue weighted by atomic mass is 16.5. The lowest BCUT2D eigenvalue weighted by Gasteiger charge is -1.96. The van der Waals surface area contributed by atoms with Crippen LogP contribution in [0, 0.1) is 0 Å². The number of fused-ring (bicyclic) bond motifs is 1. The molecule has 1 aromatic rings. The van der Waals surface area contributed by atoms with Crippen LogP contribution in [0.25, 0.3) is 6.08 Å². The molecule has 0 radical (unpaired) electrons. The summed E-state index contributed by atoms with van der Waals surface area (Å²) >= 11 is 0. The van der Waals surface area contributed by atoms with E-state index in [4.69, 9.17) is 4.74 Å². The van der Waals surface area contributed by atoms with Crippen molar-refractivity contribution in [3.05, 3.63) is 28.8 Å². The fourth-order valence-corrected chi connectivity index (χ4v) is 1.23. The van der Waals surface area contributed by atoms with Crippen LogP contribution in [-0.2, 0) is 4.79 Å². The van der Waals surface area contributed by atoms with Gasteiger partial charge in [0.25, 0.3) is 5.91 Å². The van der Waals surface area contributed by atoms with Gasteiger partial charge in [-0.15, -0.1) is 0 Å². The second kappa shape index (κ2) is 2.44. The van der Waals surface area contributed by atoms with Crippen molar-refractivity contribution in [2.75, 3.05) is 7.11 Å². The van der Waals surface area contributed by atoms with Gasteiger partial charge in [-0.3, -0.25) is 4.79 Å². The summed E-state index contributed by atoms with van der Waals surface area (Å²) in [6, 6.07) is 5.41. The molecule has 12 heavy (non-hydrogen) atoms. The minimum absolute atomic E-state index is 0.213. The lowest BCUT2D eigenvalue weighted by Crippen LogP contribution is -2.22. The Morgan fingerprint density at radius 2 is 2.25 bits per heavy atom. The summed E-state index contributed by atoms with van der Waals surface area (Å²) in [4.78, 5) is 14.7.